The smallest absolute Gasteiger partial charge is 0.344 e. The fourth-order valence-corrected chi connectivity index (χ4v) is 2.54. The topological polar surface area (TPSA) is 82.1 Å². The molecule has 6 nitrogen and oxygen atoms in total. The van der Waals surface area contributed by atoms with Gasteiger partial charge < -0.3 is 19.3 Å². The Morgan fingerprint density at radius 2 is 1.54 bits per heavy atom. The summed E-state index contributed by atoms with van der Waals surface area (Å²) in [7, 11) is 0. The molecule has 2 aromatic carbocycles. The molecule has 0 aliphatic heterocycles. The molecule has 0 saturated heterocycles. The predicted molar refractivity (Wildman–Crippen MR) is 140 cm³/mol. The molecule has 1 atom stereocenters. The van der Waals surface area contributed by atoms with Crippen LogP contribution in [0.3, 0.4) is 0 Å². The molecule has 0 fully saturated rings. The number of carbonyl (C=O) groups is 2. The van der Waals surface area contributed by atoms with Crippen LogP contribution in [-0.2, 0) is 19.1 Å². The summed E-state index contributed by atoms with van der Waals surface area (Å²) in [6.07, 6.45) is 11.2. The highest BCUT2D eigenvalue weighted by Gasteiger charge is 2.07. The third-order valence-corrected chi connectivity index (χ3v) is 4.22. The van der Waals surface area contributed by atoms with Crippen molar-refractivity contribution in [2.75, 3.05) is 13.2 Å². The number of hydrogen-bond donors (Lipinski definition) is 1. The van der Waals surface area contributed by atoms with Gasteiger partial charge in [-0.1, -0.05) is 61.2 Å². The highest BCUT2D eigenvalue weighted by atomic mass is 16.6. The van der Waals surface area contributed by atoms with Gasteiger partial charge in [-0.05, 0) is 69.2 Å². The Morgan fingerprint density at radius 1 is 1.00 bits per heavy atom. The number of aromatic hydroxyl groups is 1. The second-order valence-corrected chi connectivity index (χ2v) is 7.39. The van der Waals surface area contributed by atoms with E-state index in [0.29, 0.717) is 17.9 Å². The monoisotopic (exact) mass is 478 g/mol. The summed E-state index contributed by atoms with van der Waals surface area (Å²) in [6.45, 7) is 10.8. The lowest BCUT2D eigenvalue weighted by Gasteiger charge is -2.10. The van der Waals surface area contributed by atoms with E-state index < -0.39 is 5.97 Å². The van der Waals surface area contributed by atoms with Crippen LogP contribution in [0.15, 0.2) is 85.0 Å². The third-order valence-electron chi connectivity index (χ3n) is 4.22. The molecule has 0 aromatic heterocycles. The summed E-state index contributed by atoms with van der Waals surface area (Å²) in [5.41, 5.74) is 2.48. The molecule has 0 bridgehead atoms. The molecule has 0 aliphatic carbocycles. The Bertz CT molecular complexity index is 1010. The SMILES string of the molecule is C=C(C)C(=O)OCC.CC=CC(C)OC(=O)COc1ccc(C=CC=Cc2ccc(O)cc2)cc1. The van der Waals surface area contributed by atoms with Crippen LogP contribution in [0.2, 0.25) is 0 Å². The number of esters is 2. The van der Waals surface area contributed by atoms with E-state index in [2.05, 4.69) is 11.3 Å². The highest BCUT2D eigenvalue weighted by molar-refractivity contribution is 5.86. The van der Waals surface area contributed by atoms with Crippen LogP contribution in [0.4, 0.5) is 0 Å². The molecular formula is C29H34O6. The van der Waals surface area contributed by atoms with Crippen LogP contribution >= 0.6 is 0 Å². The minimum absolute atomic E-state index is 0.119. The lowest BCUT2D eigenvalue weighted by molar-refractivity contribution is -0.148. The van der Waals surface area contributed by atoms with Gasteiger partial charge in [0.05, 0.1) is 6.61 Å². The molecular weight excluding hydrogens is 444 g/mol. The van der Waals surface area contributed by atoms with E-state index in [1.807, 2.05) is 73.7 Å². The molecule has 6 heteroatoms. The van der Waals surface area contributed by atoms with E-state index in [-0.39, 0.29) is 24.4 Å². The van der Waals surface area contributed by atoms with Gasteiger partial charge in [-0.3, -0.25) is 0 Å². The van der Waals surface area contributed by atoms with Crippen molar-refractivity contribution in [2.24, 2.45) is 0 Å². The molecule has 0 heterocycles. The number of phenols is 1. The van der Waals surface area contributed by atoms with Crippen LogP contribution in [-0.4, -0.2) is 36.4 Å². The van der Waals surface area contributed by atoms with Gasteiger partial charge in [0.15, 0.2) is 6.61 Å². The molecule has 0 aliphatic rings. The Balaban J connectivity index is 0.000000658. The molecule has 0 amide bonds. The number of rotatable bonds is 10. The van der Waals surface area contributed by atoms with Crippen LogP contribution in [0.1, 0.15) is 38.8 Å². The van der Waals surface area contributed by atoms with Crippen LogP contribution < -0.4 is 4.74 Å². The van der Waals surface area contributed by atoms with Crippen molar-refractivity contribution in [1.29, 1.82) is 0 Å². The molecule has 186 valence electrons. The number of hydrogen-bond acceptors (Lipinski definition) is 6. The van der Waals surface area contributed by atoms with Crippen molar-refractivity contribution in [3.63, 3.8) is 0 Å². The molecule has 1 unspecified atom stereocenters. The number of carbonyl (C=O) groups excluding carboxylic acids is 2. The fraction of sp³-hybridized carbons (Fsp3) is 0.241. The first kappa shape index (κ1) is 29.0. The van der Waals surface area contributed by atoms with E-state index >= 15 is 0 Å². The van der Waals surface area contributed by atoms with Gasteiger partial charge in [0.2, 0.25) is 0 Å². The predicted octanol–water partition coefficient (Wildman–Crippen LogP) is 6.13. The Kier molecular flexibility index (Phi) is 13.7. The molecule has 2 rings (SSSR count). The zero-order valence-corrected chi connectivity index (χ0v) is 20.8. The van der Waals surface area contributed by atoms with E-state index in [1.165, 1.54) is 0 Å². The normalized spacial score (nSPS) is 11.7. The van der Waals surface area contributed by atoms with Crippen molar-refractivity contribution in [3.05, 3.63) is 96.1 Å². The largest absolute Gasteiger partial charge is 0.508 e. The quantitative estimate of drug-likeness (QED) is 0.191. The van der Waals surface area contributed by atoms with Gasteiger partial charge in [-0.15, -0.1) is 0 Å². The second kappa shape index (κ2) is 16.5. The minimum atomic E-state index is -0.399. The lowest BCUT2D eigenvalue weighted by Crippen LogP contribution is -2.19. The van der Waals surface area contributed by atoms with E-state index in [4.69, 9.17) is 9.47 Å². The molecule has 35 heavy (non-hydrogen) atoms. The number of ether oxygens (including phenoxy) is 3. The summed E-state index contributed by atoms with van der Waals surface area (Å²) in [5, 5.41) is 9.25. The van der Waals surface area contributed by atoms with E-state index in [1.54, 1.807) is 39.0 Å². The first-order valence-corrected chi connectivity index (χ1v) is 11.3. The average molecular weight is 479 g/mol. The van der Waals surface area contributed by atoms with Crippen molar-refractivity contribution >= 4 is 24.1 Å². The van der Waals surface area contributed by atoms with Crippen molar-refractivity contribution in [3.8, 4) is 11.5 Å². The van der Waals surface area contributed by atoms with Gasteiger partial charge in [0.1, 0.15) is 17.6 Å². The van der Waals surface area contributed by atoms with Gasteiger partial charge in [-0.2, -0.15) is 0 Å². The van der Waals surface area contributed by atoms with Crippen LogP contribution in [0.5, 0.6) is 11.5 Å². The molecule has 1 N–H and O–H groups in total. The summed E-state index contributed by atoms with van der Waals surface area (Å²) < 4.78 is 15.2. The summed E-state index contributed by atoms with van der Waals surface area (Å²) >= 11 is 0. The maximum atomic E-state index is 11.7. The zero-order chi connectivity index (χ0) is 26.1. The maximum absolute atomic E-state index is 11.7. The van der Waals surface area contributed by atoms with Gasteiger partial charge >= 0.3 is 11.9 Å². The minimum Gasteiger partial charge on any atom is -0.508 e. The number of allylic oxidation sites excluding steroid dienone is 3. The zero-order valence-electron chi connectivity index (χ0n) is 20.8. The Hall–Kier alpha value is -4.06. The van der Waals surface area contributed by atoms with Crippen molar-refractivity contribution < 1.29 is 28.9 Å². The molecule has 2 aromatic rings. The number of benzene rings is 2. The fourth-order valence-electron chi connectivity index (χ4n) is 2.54. The second-order valence-electron chi connectivity index (χ2n) is 7.39. The molecule has 0 saturated carbocycles. The summed E-state index contributed by atoms with van der Waals surface area (Å²) in [4.78, 5) is 22.1. The Morgan fingerprint density at radius 3 is 2.00 bits per heavy atom. The van der Waals surface area contributed by atoms with Gasteiger partial charge in [0.25, 0.3) is 0 Å². The van der Waals surface area contributed by atoms with Gasteiger partial charge in [-0.25, -0.2) is 9.59 Å². The summed E-state index contributed by atoms with van der Waals surface area (Å²) in [6, 6.07) is 14.4. The first-order valence-electron chi connectivity index (χ1n) is 11.3. The van der Waals surface area contributed by atoms with Crippen molar-refractivity contribution in [2.45, 2.75) is 33.8 Å². The lowest BCUT2D eigenvalue weighted by atomic mass is 10.2. The van der Waals surface area contributed by atoms with E-state index in [9.17, 15) is 14.7 Å². The summed E-state index contributed by atoms with van der Waals surface area (Å²) in [5.74, 6) is 0.157. The molecule has 0 spiro atoms. The van der Waals surface area contributed by atoms with E-state index in [0.717, 1.165) is 11.1 Å². The standard InChI is InChI=1S/C23H24O4.C6H10O2/c1-3-6-18(2)27-23(25)17-26-22-15-11-20(12-16-22)8-5-4-7-19-9-13-21(24)14-10-19;1-4-8-6(7)5(2)3/h3-16,18,24H,17H2,1-2H3;2,4H2,1,3H3. The third kappa shape index (κ3) is 13.3. The average Bonchev–Trinajstić information content (AvgIpc) is 2.83. The maximum Gasteiger partial charge on any atom is 0.344 e. The number of phenolic OH excluding ortho intramolecular Hbond substituents is 1. The molecule has 0 radical (unpaired) electrons. The first-order chi connectivity index (χ1) is 16.7. The van der Waals surface area contributed by atoms with Crippen LogP contribution in [0.25, 0.3) is 12.2 Å². The highest BCUT2D eigenvalue weighted by Crippen LogP contribution is 2.14. The Labute approximate surface area is 207 Å². The van der Waals surface area contributed by atoms with Crippen LogP contribution in [0, 0.1) is 0 Å². The van der Waals surface area contributed by atoms with Gasteiger partial charge in [0, 0.05) is 5.57 Å². The van der Waals surface area contributed by atoms with Crippen molar-refractivity contribution in [1.82, 2.24) is 0 Å².